The van der Waals surface area contributed by atoms with Crippen molar-refractivity contribution in [2.24, 2.45) is 5.73 Å². The van der Waals surface area contributed by atoms with E-state index in [1.807, 2.05) is 19.9 Å². The first-order chi connectivity index (χ1) is 7.80. The zero-order valence-electron chi connectivity index (χ0n) is 9.89. The lowest BCUT2D eigenvalue weighted by atomic mass is 10.00. The number of hydrogen-bond donors (Lipinski definition) is 2. The molecule has 17 heavy (non-hydrogen) atoms. The first-order valence-corrected chi connectivity index (χ1v) is 6.03. The van der Waals surface area contributed by atoms with Gasteiger partial charge in [-0.3, -0.25) is 4.79 Å². The number of hydrogen-bond acceptors (Lipinski definition) is 2. The fraction of sp³-hybridized carbons (Fsp3) is 0.417. The number of carbonyl (C=O) groups excluding carboxylic acids is 1. The summed E-state index contributed by atoms with van der Waals surface area (Å²) in [5.41, 5.74) is 5.85. The standard InChI is InChI=1S/C12H16Cl2N2O/c1-12(2,6-11(15)17)16-7-8-3-4-9(13)10(14)5-8/h3-5,16H,6-7H2,1-2H3,(H2,15,17). The van der Waals surface area contributed by atoms with E-state index < -0.39 is 0 Å². The average molecular weight is 275 g/mol. The highest BCUT2D eigenvalue weighted by Crippen LogP contribution is 2.22. The van der Waals surface area contributed by atoms with Crippen molar-refractivity contribution in [2.45, 2.75) is 32.4 Å². The van der Waals surface area contributed by atoms with Crippen LogP contribution in [0.15, 0.2) is 18.2 Å². The summed E-state index contributed by atoms with van der Waals surface area (Å²) in [6, 6.07) is 5.45. The largest absolute Gasteiger partial charge is 0.370 e. The first kappa shape index (κ1) is 14.3. The van der Waals surface area contributed by atoms with E-state index in [-0.39, 0.29) is 17.9 Å². The second-order valence-corrected chi connectivity index (χ2v) is 5.44. The van der Waals surface area contributed by atoms with Crippen LogP contribution in [0, 0.1) is 0 Å². The molecule has 94 valence electrons. The van der Waals surface area contributed by atoms with Crippen LogP contribution in [0.4, 0.5) is 0 Å². The van der Waals surface area contributed by atoms with Crippen LogP contribution >= 0.6 is 23.2 Å². The number of nitrogens with two attached hydrogens (primary N) is 1. The minimum atomic E-state index is -0.335. The molecule has 0 spiro atoms. The highest BCUT2D eigenvalue weighted by Gasteiger charge is 2.19. The summed E-state index contributed by atoms with van der Waals surface area (Å²) in [6.07, 6.45) is 0.286. The molecule has 0 bridgehead atoms. The molecule has 3 nitrogen and oxygen atoms in total. The molecule has 5 heteroatoms. The summed E-state index contributed by atoms with van der Waals surface area (Å²) in [4.78, 5) is 10.9. The van der Waals surface area contributed by atoms with Crippen molar-refractivity contribution in [3.05, 3.63) is 33.8 Å². The molecule has 0 aliphatic heterocycles. The molecule has 0 radical (unpaired) electrons. The Hall–Kier alpha value is -0.770. The molecule has 0 fully saturated rings. The molecular weight excluding hydrogens is 259 g/mol. The summed E-state index contributed by atoms with van der Waals surface area (Å²) < 4.78 is 0. The van der Waals surface area contributed by atoms with E-state index in [0.29, 0.717) is 16.6 Å². The van der Waals surface area contributed by atoms with Gasteiger partial charge in [-0.25, -0.2) is 0 Å². The number of primary amides is 1. The van der Waals surface area contributed by atoms with Gasteiger partial charge in [0, 0.05) is 18.5 Å². The summed E-state index contributed by atoms with van der Waals surface area (Å²) in [5.74, 6) is -0.323. The van der Waals surface area contributed by atoms with Gasteiger partial charge in [0.1, 0.15) is 0 Å². The van der Waals surface area contributed by atoms with Gasteiger partial charge in [-0.15, -0.1) is 0 Å². The molecule has 0 saturated heterocycles. The van der Waals surface area contributed by atoms with Gasteiger partial charge < -0.3 is 11.1 Å². The highest BCUT2D eigenvalue weighted by atomic mass is 35.5. The van der Waals surface area contributed by atoms with E-state index in [2.05, 4.69) is 5.32 Å². The lowest BCUT2D eigenvalue weighted by Crippen LogP contribution is -2.42. The SMILES string of the molecule is CC(C)(CC(N)=O)NCc1ccc(Cl)c(Cl)c1. The van der Waals surface area contributed by atoms with E-state index in [1.165, 1.54) is 0 Å². The van der Waals surface area contributed by atoms with Gasteiger partial charge in [0.05, 0.1) is 10.0 Å². The molecule has 0 saturated carbocycles. The lowest BCUT2D eigenvalue weighted by molar-refractivity contribution is -0.119. The maximum Gasteiger partial charge on any atom is 0.219 e. The Morgan fingerprint density at radius 2 is 2.00 bits per heavy atom. The van der Waals surface area contributed by atoms with Crippen LogP contribution in [0.2, 0.25) is 10.0 Å². The maximum atomic E-state index is 10.9. The molecule has 3 N–H and O–H groups in total. The van der Waals surface area contributed by atoms with Crippen molar-refractivity contribution in [3.63, 3.8) is 0 Å². The molecule has 0 aliphatic carbocycles. The van der Waals surface area contributed by atoms with Crippen LogP contribution in [-0.4, -0.2) is 11.4 Å². The summed E-state index contributed by atoms with van der Waals surface area (Å²) in [7, 11) is 0. The quantitative estimate of drug-likeness (QED) is 0.868. The van der Waals surface area contributed by atoms with Gasteiger partial charge in [0.2, 0.25) is 5.91 Å². The van der Waals surface area contributed by atoms with Crippen molar-refractivity contribution in [1.29, 1.82) is 0 Å². The van der Waals surface area contributed by atoms with E-state index in [4.69, 9.17) is 28.9 Å². The predicted molar refractivity (Wildman–Crippen MR) is 71.2 cm³/mol. The number of amides is 1. The average Bonchev–Trinajstić information content (AvgIpc) is 2.18. The van der Waals surface area contributed by atoms with Gasteiger partial charge in [0.25, 0.3) is 0 Å². The minimum Gasteiger partial charge on any atom is -0.370 e. The lowest BCUT2D eigenvalue weighted by Gasteiger charge is -2.25. The Kier molecular flexibility index (Phi) is 4.80. The van der Waals surface area contributed by atoms with Gasteiger partial charge in [-0.1, -0.05) is 29.3 Å². The second-order valence-electron chi connectivity index (χ2n) is 4.63. The molecule has 1 aromatic carbocycles. The summed E-state index contributed by atoms with van der Waals surface area (Å²) in [5, 5.41) is 4.31. The third-order valence-electron chi connectivity index (χ3n) is 2.37. The van der Waals surface area contributed by atoms with Crippen LogP contribution < -0.4 is 11.1 Å². The van der Waals surface area contributed by atoms with E-state index >= 15 is 0 Å². The maximum absolute atomic E-state index is 10.9. The molecule has 1 rings (SSSR count). The molecule has 0 aliphatic rings. The topological polar surface area (TPSA) is 55.1 Å². The highest BCUT2D eigenvalue weighted by molar-refractivity contribution is 6.42. The van der Waals surface area contributed by atoms with Gasteiger partial charge in [-0.05, 0) is 31.5 Å². The first-order valence-electron chi connectivity index (χ1n) is 5.27. The summed E-state index contributed by atoms with van der Waals surface area (Å²) in [6.45, 7) is 4.46. The fourth-order valence-corrected chi connectivity index (χ4v) is 1.81. The third-order valence-corrected chi connectivity index (χ3v) is 3.11. The zero-order chi connectivity index (χ0) is 13.1. The smallest absolute Gasteiger partial charge is 0.219 e. The third kappa shape index (κ3) is 4.94. The number of rotatable bonds is 5. The predicted octanol–water partition coefficient (Wildman–Crippen LogP) is 2.74. The minimum absolute atomic E-state index is 0.286. The van der Waals surface area contributed by atoms with E-state index in [0.717, 1.165) is 5.56 Å². The Labute approximate surface area is 111 Å². The molecule has 0 heterocycles. The monoisotopic (exact) mass is 274 g/mol. The van der Waals surface area contributed by atoms with Crippen LogP contribution in [0.5, 0.6) is 0 Å². The molecular formula is C12H16Cl2N2O. The van der Waals surface area contributed by atoms with Crippen molar-refractivity contribution in [1.82, 2.24) is 5.32 Å². The van der Waals surface area contributed by atoms with Gasteiger partial charge in [0.15, 0.2) is 0 Å². The van der Waals surface area contributed by atoms with Crippen molar-refractivity contribution in [3.8, 4) is 0 Å². The molecule has 0 atom stereocenters. The van der Waals surface area contributed by atoms with Crippen LogP contribution in [0.25, 0.3) is 0 Å². The van der Waals surface area contributed by atoms with Gasteiger partial charge >= 0.3 is 0 Å². The van der Waals surface area contributed by atoms with Crippen molar-refractivity contribution < 1.29 is 4.79 Å². The Morgan fingerprint density at radius 3 is 2.53 bits per heavy atom. The van der Waals surface area contributed by atoms with E-state index in [1.54, 1.807) is 12.1 Å². The molecule has 1 aromatic rings. The Morgan fingerprint density at radius 1 is 1.35 bits per heavy atom. The number of halogens is 2. The van der Waals surface area contributed by atoms with Crippen molar-refractivity contribution >= 4 is 29.1 Å². The zero-order valence-corrected chi connectivity index (χ0v) is 11.4. The normalized spacial score (nSPS) is 11.5. The van der Waals surface area contributed by atoms with Crippen LogP contribution in [-0.2, 0) is 11.3 Å². The number of carbonyl (C=O) groups is 1. The van der Waals surface area contributed by atoms with Crippen molar-refractivity contribution in [2.75, 3.05) is 0 Å². The second kappa shape index (κ2) is 5.71. The van der Waals surface area contributed by atoms with Crippen LogP contribution in [0.1, 0.15) is 25.8 Å². The fourth-order valence-electron chi connectivity index (χ4n) is 1.49. The Bertz CT molecular complexity index is 419. The number of benzene rings is 1. The molecule has 1 amide bonds. The summed E-state index contributed by atoms with van der Waals surface area (Å²) >= 11 is 11.7. The van der Waals surface area contributed by atoms with Gasteiger partial charge in [-0.2, -0.15) is 0 Å². The van der Waals surface area contributed by atoms with Crippen LogP contribution in [0.3, 0.4) is 0 Å². The Balaban J connectivity index is 2.60. The molecule has 0 unspecified atom stereocenters. The number of nitrogens with one attached hydrogen (secondary N) is 1. The van der Waals surface area contributed by atoms with E-state index in [9.17, 15) is 4.79 Å². The molecule has 0 aromatic heterocycles.